The van der Waals surface area contributed by atoms with Gasteiger partial charge in [-0.3, -0.25) is 9.69 Å². The summed E-state index contributed by atoms with van der Waals surface area (Å²) in [7, 11) is 1.52. The number of likely N-dealkylation sites (N-methyl/N-ethyl adjacent to an activating group) is 1. The standard InChI is InChI=1S/C8H10N2O4/c1-9-5-6(11)10(8(9)14)4-2-3-7(12)13/h2-3H,4-5H2,1H3,(H,12,13). The second-order valence-electron chi connectivity index (χ2n) is 2.88. The maximum Gasteiger partial charge on any atom is 0.328 e. The first-order chi connectivity index (χ1) is 6.52. The molecule has 1 heterocycles. The predicted octanol–water partition coefficient (Wildman–Crippen LogP) is -0.479. The highest BCUT2D eigenvalue weighted by molar-refractivity contribution is 6.02. The zero-order valence-corrected chi connectivity index (χ0v) is 7.64. The Labute approximate surface area is 80.4 Å². The fourth-order valence-corrected chi connectivity index (χ4v) is 1.11. The van der Waals surface area contributed by atoms with Gasteiger partial charge in [0.05, 0.1) is 0 Å². The summed E-state index contributed by atoms with van der Waals surface area (Å²) >= 11 is 0. The fourth-order valence-electron chi connectivity index (χ4n) is 1.11. The number of carbonyl (C=O) groups is 3. The minimum absolute atomic E-state index is 0.00824. The van der Waals surface area contributed by atoms with E-state index in [1.807, 2.05) is 0 Å². The molecule has 0 aliphatic carbocycles. The van der Waals surface area contributed by atoms with Crippen molar-refractivity contribution in [2.45, 2.75) is 0 Å². The third kappa shape index (κ3) is 2.09. The molecule has 1 saturated heterocycles. The number of hydrogen-bond acceptors (Lipinski definition) is 3. The van der Waals surface area contributed by atoms with Gasteiger partial charge in [0.1, 0.15) is 6.54 Å². The number of nitrogens with zero attached hydrogens (tertiary/aromatic N) is 2. The summed E-state index contributed by atoms with van der Waals surface area (Å²) in [6.07, 6.45) is 2.16. The largest absolute Gasteiger partial charge is 0.478 e. The van der Waals surface area contributed by atoms with Crippen LogP contribution in [0.2, 0.25) is 0 Å². The minimum atomic E-state index is -1.10. The summed E-state index contributed by atoms with van der Waals surface area (Å²) in [6, 6.07) is -0.398. The molecule has 0 aromatic rings. The smallest absolute Gasteiger partial charge is 0.328 e. The molecule has 0 unspecified atom stereocenters. The van der Waals surface area contributed by atoms with Gasteiger partial charge in [-0.15, -0.1) is 0 Å². The second-order valence-corrected chi connectivity index (χ2v) is 2.88. The van der Waals surface area contributed by atoms with E-state index >= 15 is 0 Å². The lowest BCUT2D eigenvalue weighted by atomic mass is 10.4. The van der Waals surface area contributed by atoms with Crippen LogP contribution in [0.4, 0.5) is 4.79 Å². The van der Waals surface area contributed by atoms with Crippen LogP contribution in [0.5, 0.6) is 0 Å². The molecule has 1 aliphatic rings. The van der Waals surface area contributed by atoms with E-state index < -0.39 is 12.0 Å². The summed E-state index contributed by atoms with van der Waals surface area (Å²) in [5, 5.41) is 8.29. The van der Waals surface area contributed by atoms with E-state index in [1.165, 1.54) is 18.0 Å². The third-order valence-corrected chi connectivity index (χ3v) is 1.78. The maximum absolute atomic E-state index is 11.2. The number of carbonyl (C=O) groups excluding carboxylic acids is 2. The summed E-state index contributed by atoms with van der Waals surface area (Å²) in [5.41, 5.74) is 0. The van der Waals surface area contributed by atoms with Gasteiger partial charge in [0.2, 0.25) is 0 Å². The molecule has 0 aromatic heterocycles. The SMILES string of the molecule is CN1CC(=O)N(CC=CC(=O)O)C1=O. The van der Waals surface area contributed by atoms with Crippen molar-refractivity contribution in [3.05, 3.63) is 12.2 Å². The number of carboxylic acids is 1. The van der Waals surface area contributed by atoms with Gasteiger partial charge < -0.3 is 10.0 Å². The highest BCUT2D eigenvalue weighted by Crippen LogP contribution is 2.06. The second kappa shape index (κ2) is 3.91. The molecule has 6 heteroatoms. The number of rotatable bonds is 3. The molecular weight excluding hydrogens is 188 g/mol. The normalized spacial score (nSPS) is 17.2. The van der Waals surface area contributed by atoms with Crippen molar-refractivity contribution in [2.24, 2.45) is 0 Å². The van der Waals surface area contributed by atoms with Crippen molar-refractivity contribution in [1.82, 2.24) is 9.80 Å². The molecule has 0 atom stereocenters. The molecule has 0 spiro atoms. The van der Waals surface area contributed by atoms with E-state index in [2.05, 4.69) is 0 Å². The van der Waals surface area contributed by atoms with Crippen LogP contribution in [0.25, 0.3) is 0 Å². The first kappa shape index (κ1) is 10.2. The molecule has 1 aliphatic heterocycles. The molecule has 76 valence electrons. The third-order valence-electron chi connectivity index (χ3n) is 1.78. The molecule has 1 N–H and O–H groups in total. The van der Waals surface area contributed by atoms with Crippen molar-refractivity contribution in [1.29, 1.82) is 0 Å². The average Bonchev–Trinajstić information content (AvgIpc) is 2.31. The van der Waals surface area contributed by atoms with Gasteiger partial charge in [0, 0.05) is 19.7 Å². The zero-order valence-electron chi connectivity index (χ0n) is 7.64. The van der Waals surface area contributed by atoms with Gasteiger partial charge in [0.15, 0.2) is 0 Å². The van der Waals surface area contributed by atoms with Crippen LogP contribution >= 0.6 is 0 Å². The maximum atomic E-state index is 11.2. The van der Waals surface area contributed by atoms with E-state index in [-0.39, 0.29) is 19.0 Å². The van der Waals surface area contributed by atoms with E-state index in [1.54, 1.807) is 0 Å². The molecular formula is C8H10N2O4. The molecule has 6 nitrogen and oxygen atoms in total. The summed E-state index contributed by atoms with van der Waals surface area (Å²) < 4.78 is 0. The highest BCUT2D eigenvalue weighted by Gasteiger charge is 2.32. The van der Waals surface area contributed by atoms with E-state index in [0.717, 1.165) is 11.0 Å². The van der Waals surface area contributed by atoms with Crippen molar-refractivity contribution in [3.63, 3.8) is 0 Å². The first-order valence-corrected chi connectivity index (χ1v) is 3.97. The molecule has 1 rings (SSSR count). The van der Waals surface area contributed by atoms with Crippen molar-refractivity contribution in [3.8, 4) is 0 Å². The van der Waals surface area contributed by atoms with Crippen LogP contribution < -0.4 is 0 Å². The van der Waals surface area contributed by atoms with Crippen molar-refractivity contribution in [2.75, 3.05) is 20.1 Å². The van der Waals surface area contributed by atoms with E-state index in [0.29, 0.717) is 0 Å². The number of urea groups is 1. The zero-order chi connectivity index (χ0) is 10.7. The number of amides is 3. The topological polar surface area (TPSA) is 77.9 Å². The minimum Gasteiger partial charge on any atom is -0.478 e. The molecule has 3 amide bonds. The lowest BCUT2D eigenvalue weighted by Crippen LogP contribution is -2.31. The quantitative estimate of drug-likeness (QED) is 0.490. The van der Waals surface area contributed by atoms with Crippen molar-refractivity contribution < 1.29 is 19.5 Å². The fraction of sp³-hybridized carbons (Fsp3) is 0.375. The van der Waals surface area contributed by atoms with Crippen LogP contribution in [-0.4, -0.2) is 53.0 Å². The Morgan fingerprint density at radius 2 is 2.21 bits per heavy atom. The van der Waals surface area contributed by atoms with E-state index in [9.17, 15) is 14.4 Å². The van der Waals surface area contributed by atoms with Crippen LogP contribution in [0.1, 0.15) is 0 Å². The number of aliphatic carboxylic acids is 1. The number of imide groups is 1. The van der Waals surface area contributed by atoms with Gasteiger partial charge in [-0.25, -0.2) is 9.59 Å². The summed E-state index contributed by atoms with van der Waals surface area (Å²) in [5.74, 6) is -1.41. The molecule has 0 saturated carbocycles. The van der Waals surface area contributed by atoms with Gasteiger partial charge in [-0.05, 0) is 0 Å². The van der Waals surface area contributed by atoms with Crippen LogP contribution in [0, 0.1) is 0 Å². The molecule has 14 heavy (non-hydrogen) atoms. The highest BCUT2D eigenvalue weighted by atomic mass is 16.4. The Balaban J connectivity index is 2.57. The van der Waals surface area contributed by atoms with Crippen molar-refractivity contribution >= 4 is 17.9 Å². The van der Waals surface area contributed by atoms with Crippen LogP contribution in [0.3, 0.4) is 0 Å². The Bertz CT molecular complexity index is 310. The Morgan fingerprint density at radius 3 is 2.64 bits per heavy atom. The van der Waals surface area contributed by atoms with Crippen LogP contribution in [0.15, 0.2) is 12.2 Å². The molecule has 0 aromatic carbocycles. The number of hydrogen-bond donors (Lipinski definition) is 1. The summed E-state index contributed by atoms with van der Waals surface area (Å²) in [6.45, 7) is 0.0635. The lowest BCUT2D eigenvalue weighted by Gasteiger charge is -2.10. The van der Waals surface area contributed by atoms with Gasteiger partial charge in [-0.2, -0.15) is 0 Å². The van der Waals surface area contributed by atoms with Gasteiger partial charge in [-0.1, -0.05) is 6.08 Å². The lowest BCUT2D eigenvalue weighted by molar-refractivity contribution is -0.131. The Kier molecular flexibility index (Phi) is 2.85. The molecule has 1 fully saturated rings. The average molecular weight is 198 g/mol. The summed E-state index contributed by atoms with van der Waals surface area (Å²) in [4.78, 5) is 34.8. The Morgan fingerprint density at radius 1 is 1.57 bits per heavy atom. The Hall–Kier alpha value is -1.85. The van der Waals surface area contributed by atoms with E-state index in [4.69, 9.17) is 5.11 Å². The molecule has 0 bridgehead atoms. The van der Waals surface area contributed by atoms with Gasteiger partial charge >= 0.3 is 12.0 Å². The monoisotopic (exact) mass is 198 g/mol. The first-order valence-electron chi connectivity index (χ1n) is 3.97. The van der Waals surface area contributed by atoms with Gasteiger partial charge in [0.25, 0.3) is 5.91 Å². The van der Waals surface area contributed by atoms with Crippen LogP contribution in [-0.2, 0) is 9.59 Å². The molecule has 0 radical (unpaired) electrons. The predicted molar refractivity (Wildman–Crippen MR) is 46.5 cm³/mol. The number of carboxylic acid groups (broad SMARTS) is 1.